The zero-order chi connectivity index (χ0) is 15.7. The minimum atomic E-state index is 0.388. The second-order valence-corrected chi connectivity index (χ2v) is 5.84. The monoisotopic (exact) mass is 291 g/mol. The smallest absolute Gasteiger partial charge is 0.128 e. The fourth-order valence-electron chi connectivity index (χ4n) is 2.60. The molecule has 120 valence electrons. The molecule has 0 bridgehead atoms. The number of nitrogens with one attached hydrogen (secondary N) is 1. The molecular weight excluding hydrogens is 258 g/mol. The fraction of sp³-hybridized carbons (Fsp3) is 0.722. The summed E-state index contributed by atoms with van der Waals surface area (Å²) >= 11 is 0. The summed E-state index contributed by atoms with van der Waals surface area (Å²) in [6, 6.07) is 4.76. The van der Waals surface area contributed by atoms with Gasteiger partial charge in [-0.15, -0.1) is 0 Å². The Labute approximate surface area is 131 Å². The van der Waals surface area contributed by atoms with Gasteiger partial charge in [-0.05, 0) is 50.4 Å². The molecule has 1 atom stereocenters. The highest BCUT2D eigenvalue weighted by molar-refractivity contribution is 5.41. The number of nitrogens with zero attached hydrogens (tertiary/aromatic N) is 2. The van der Waals surface area contributed by atoms with Crippen LogP contribution >= 0.6 is 0 Å². The van der Waals surface area contributed by atoms with Crippen molar-refractivity contribution in [1.82, 2.24) is 10.3 Å². The summed E-state index contributed by atoms with van der Waals surface area (Å²) in [6.45, 7) is 14.4. The van der Waals surface area contributed by atoms with Gasteiger partial charge in [-0.25, -0.2) is 4.98 Å². The Morgan fingerprint density at radius 3 is 2.48 bits per heavy atom. The van der Waals surface area contributed by atoms with Gasteiger partial charge in [0.1, 0.15) is 5.82 Å². The quantitative estimate of drug-likeness (QED) is 0.692. The maximum Gasteiger partial charge on any atom is 0.128 e. The van der Waals surface area contributed by atoms with Gasteiger partial charge >= 0.3 is 0 Å². The largest absolute Gasteiger partial charge is 0.357 e. The molecule has 21 heavy (non-hydrogen) atoms. The summed E-state index contributed by atoms with van der Waals surface area (Å²) in [6.07, 6.45) is 5.59. The summed E-state index contributed by atoms with van der Waals surface area (Å²) < 4.78 is 0. The third-order valence-electron chi connectivity index (χ3n) is 4.31. The number of anilines is 1. The van der Waals surface area contributed by atoms with Crippen LogP contribution in [0.4, 0.5) is 5.82 Å². The van der Waals surface area contributed by atoms with E-state index in [4.69, 9.17) is 0 Å². The zero-order valence-corrected chi connectivity index (χ0v) is 14.5. The molecule has 1 N–H and O–H groups in total. The molecule has 0 fully saturated rings. The molecule has 3 heteroatoms. The SMILES string of the molecule is CCCNC(C)c1ccnc(N(CC)CC(CC)CC)c1. The lowest BCUT2D eigenvalue weighted by Gasteiger charge is -2.27. The van der Waals surface area contributed by atoms with Crippen molar-refractivity contribution in [1.29, 1.82) is 0 Å². The highest BCUT2D eigenvalue weighted by Crippen LogP contribution is 2.20. The molecule has 0 saturated heterocycles. The van der Waals surface area contributed by atoms with E-state index in [-0.39, 0.29) is 0 Å². The molecule has 3 nitrogen and oxygen atoms in total. The van der Waals surface area contributed by atoms with Crippen LogP contribution in [0.15, 0.2) is 18.3 Å². The molecule has 1 unspecified atom stereocenters. The van der Waals surface area contributed by atoms with E-state index < -0.39 is 0 Å². The molecule has 1 rings (SSSR count). The first-order valence-electron chi connectivity index (χ1n) is 8.60. The van der Waals surface area contributed by atoms with Gasteiger partial charge in [0.25, 0.3) is 0 Å². The van der Waals surface area contributed by atoms with Crippen LogP contribution in [0.2, 0.25) is 0 Å². The molecule has 0 aliphatic carbocycles. The summed E-state index contributed by atoms with van der Waals surface area (Å²) in [7, 11) is 0. The first kappa shape index (κ1) is 18.0. The molecule has 0 aromatic carbocycles. The fourth-order valence-corrected chi connectivity index (χ4v) is 2.60. The third kappa shape index (κ3) is 5.66. The second kappa shape index (κ2) is 9.78. The van der Waals surface area contributed by atoms with E-state index >= 15 is 0 Å². The molecular formula is C18H33N3. The van der Waals surface area contributed by atoms with Crippen LogP contribution in [-0.4, -0.2) is 24.6 Å². The third-order valence-corrected chi connectivity index (χ3v) is 4.31. The number of hydrogen-bond acceptors (Lipinski definition) is 3. The Kier molecular flexibility index (Phi) is 8.36. The number of aromatic nitrogens is 1. The zero-order valence-electron chi connectivity index (χ0n) is 14.5. The number of pyridine rings is 1. The molecule has 0 spiro atoms. The Balaban J connectivity index is 2.80. The Bertz CT molecular complexity index is 388. The van der Waals surface area contributed by atoms with Crippen molar-refractivity contribution in [2.45, 2.75) is 59.9 Å². The lowest BCUT2D eigenvalue weighted by atomic mass is 10.0. The predicted molar refractivity (Wildman–Crippen MR) is 92.9 cm³/mol. The van der Waals surface area contributed by atoms with Gasteiger partial charge in [-0.2, -0.15) is 0 Å². The lowest BCUT2D eigenvalue weighted by Crippen LogP contribution is -2.30. The maximum atomic E-state index is 4.59. The first-order valence-corrected chi connectivity index (χ1v) is 8.60. The number of rotatable bonds is 10. The van der Waals surface area contributed by atoms with E-state index in [1.165, 1.54) is 18.4 Å². The maximum absolute atomic E-state index is 4.59. The van der Waals surface area contributed by atoms with Gasteiger partial charge in [0, 0.05) is 25.3 Å². The first-order chi connectivity index (χ1) is 10.2. The van der Waals surface area contributed by atoms with Gasteiger partial charge in [0.2, 0.25) is 0 Å². The van der Waals surface area contributed by atoms with Gasteiger partial charge in [-0.3, -0.25) is 0 Å². The second-order valence-electron chi connectivity index (χ2n) is 5.84. The van der Waals surface area contributed by atoms with Crippen LogP contribution in [0, 0.1) is 5.92 Å². The predicted octanol–water partition coefficient (Wildman–Crippen LogP) is 4.40. The molecule has 1 aromatic rings. The van der Waals surface area contributed by atoms with Crippen molar-refractivity contribution in [3.8, 4) is 0 Å². The van der Waals surface area contributed by atoms with Crippen LogP contribution in [-0.2, 0) is 0 Å². The lowest BCUT2D eigenvalue weighted by molar-refractivity contribution is 0.484. The minimum Gasteiger partial charge on any atom is -0.357 e. The van der Waals surface area contributed by atoms with E-state index in [0.717, 1.165) is 37.8 Å². The van der Waals surface area contributed by atoms with Crippen LogP contribution in [0.1, 0.15) is 65.5 Å². The van der Waals surface area contributed by atoms with Crippen LogP contribution in [0.3, 0.4) is 0 Å². The molecule has 0 amide bonds. The van der Waals surface area contributed by atoms with E-state index in [9.17, 15) is 0 Å². The minimum absolute atomic E-state index is 0.388. The van der Waals surface area contributed by atoms with Crippen molar-refractivity contribution >= 4 is 5.82 Å². The van der Waals surface area contributed by atoms with Crippen molar-refractivity contribution in [2.75, 3.05) is 24.5 Å². The van der Waals surface area contributed by atoms with Gasteiger partial charge in [0.15, 0.2) is 0 Å². The summed E-state index contributed by atoms with van der Waals surface area (Å²) in [4.78, 5) is 7.00. The Morgan fingerprint density at radius 1 is 1.19 bits per heavy atom. The molecule has 0 saturated carbocycles. The van der Waals surface area contributed by atoms with Crippen molar-refractivity contribution in [3.05, 3.63) is 23.9 Å². The summed E-state index contributed by atoms with van der Waals surface area (Å²) in [5, 5.41) is 3.55. The van der Waals surface area contributed by atoms with Gasteiger partial charge in [0.05, 0.1) is 0 Å². The molecule has 1 heterocycles. The van der Waals surface area contributed by atoms with E-state index in [2.05, 4.69) is 62.0 Å². The van der Waals surface area contributed by atoms with Crippen LogP contribution in [0.25, 0.3) is 0 Å². The van der Waals surface area contributed by atoms with Crippen LogP contribution in [0.5, 0.6) is 0 Å². The standard InChI is InChI=1S/C18H33N3/c1-6-11-19-15(5)17-10-12-20-18(13-17)21(9-4)14-16(7-2)8-3/h10,12-13,15-16,19H,6-9,11,14H2,1-5H3. The Morgan fingerprint density at radius 2 is 1.90 bits per heavy atom. The van der Waals surface area contributed by atoms with Gasteiger partial charge < -0.3 is 10.2 Å². The van der Waals surface area contributed by atoms with Crippen molar-refractivity contribution in [3.63, 3.8) is 0 Å². The topological polar surface area (TPSA) is 28.2 Å². The normalized spacial score (nSPS) is 12.7. The highest BCUT2D eigenvalue weighted by atomic mass is 15.2. The van der Waals surface area contributed by atoms with Crippen LogP contribution < -0.4 is 10.2 Å². The van der Waals surface area contributed by atoms with E-state index in [0.29, 0.717) is 6.04 Å². The Hall–Kier alpha value is -1.09. The average molecular weight is 291 g/mol. The molecule has 1 aromatic heterocycles. The molecule has 0 aliphatic rings. The van der Waals surface area contributed by atoms with Crippen molar-refractivity contribution in [2.24, 2.45) is 5.92 Å². The average Bonchev–Trinajstić information content (AvgIpc) is 2.54. The molecule has 0 radical (unpaired) electrons. The van der Waals surface area contributed by atoms with Crippen molar-refractivity contribution < 1.29 is 0 Å². The van der Waals surface area contributed by atoms with E-state index in [1.807, 2.05) is 6.20 Å². The summed E-state index contributed by atoms with van der Waals surface area (Å²) in [5.74, 6) is 1.87. The molecule has 0 aliphatic heterocycles. The van der Waals surface area contributed by atoms with E-state index in [1.54, 1.807) is 0 Å². The van der Waals surface area contributed by atoms with Gasteiger partial charge in [-0.1, -0.05) is 33.6 Å². The number of hydrogen-bond donors (Lipinski definition) is 1. The highest BCUT2D eigenvalue weighted by Gasteiger charge is 2.13. The summed E-state index contributed by atoms with van der Waals surface area (Å²) in [5.41, 5.74) is 1.33.